The summed E-state index contributed by atoms with van der Waals surface area (Å²) in [6.45, 7) is 6.13. The van der Waals surface area contributed by atoms with Gasteiger partial charge in [-0.1, -0.05) is 36.4 Å². The van der Waals surface area contributed by atoms with Crippen LogP contribution in [0.15, 0.2) is 72.8 Å². The van der Waals surface area contributed by atoms with Crippen LogP contribution in [-0.2, 0) is 4.79 Å². The van der Waals surface area contributed by atoms with Gasteiger partial charge in [0.1, 0.15) is 5.75 Å². The molecule has 0 aromatic heterocycles. The molecule has 1 heterocycles. The molecule has 0 unspecified atom stereocenters. The van der Waals surface area contributed by atoms with Gasteiger partial charge in [0.25, 0.3) is 5.91 Å². The quantitative estimate of drug-likeness (QED) is 0.495. The lowest BCUT2D eigenvalue weighted by molar-refractivity contribution is -0.112. The number of hydrogen-bond donors (Lipinski definition) is 0. The minimum Gasteiger partial charge on any atom is -0.496 e. The first-order valence-corrected chi connectivity index (χ1v) is 10.3. The van der Waals surface area contributed by atoms with Crippen LogP contribution in [0.25, 0.3) is 11.6 Å². The molecule has 0 saturated carbocycles. The number of fused-ring (bicyclic) bond motifs is 1. The van der Waals surface area contributed by atoms with Crippen molar-refractivity contribution in [3.8, 4) is 5.75 Å². The van der Waals surface area contributed by atoms with E-state index in [0.29, 0.717) is 5.57 Å². The molecule has 0 fully saturated rings. The Morgan fingerprint density at radius 2 is 1.63 bits per heavy atom. The normalized spacial score (nSPS) is 14.2. The standard InChI is InChI=1S/C26H26N2O2/c1-4-27(5-2)21-16-15-19(25(18-21)30-3)17-23-22-13-9-10-14-24(22)28(26(23)29)20-11-7-6-8-12-20/h6-18H,4-5H2,1-3H3/b23-17+. The Kier molecular flexibility index (Phi) is 5.57. The summed E-state index contributed by atoms with van der Waals surface area (Å²) in [6, 6.07) is 23.8. The molecule has 30 heavy (non-hydrogen) atoms. The lowest BCUT2D eigenvalue weighted by Gasteiger charge is -2.22. The number of nitrogens with zero attached hydrogens (tertiary/aromatic N) is 2. The van der Waals surface area contributed by atoms with Gasteiger partial charge in [0, 0.05) is 41.7 Å². The van der Waals surface area contributed by atoms with Gasteiger partial charge in [-0.2, -0.15) is 0 Å². The maximum absolute atomic E-state index is 13.4. The first-order valence-electron chi connectivity index (χ1n) is 10.3. The van der Waals surface area contributed by atoms with Crippen molar-refractivity contribution in [2.45, 2.75) is 13.8 Å². The second kappa shape index (κ2) is 8.46. The maximum Gasteiger partial charge on any atom is 0.263 e. The van der Waals surface area contributed by atoms with Gasteiger partial charge in [0.15, 0.2) is 0 Å². The predicted molar refractivity (Wildman–Crippen MR) is 124 cm³/mol. The number of amides is 1. The van der Waals surface area contributed by atoms with Crippen LogP contribution in [0, 0.1) is 0 Å². The zero-order valence-corrected chi connectivity index (χ0v) is 17.6. The Morgan fingerprint density at radius 3 is 2.33 bits per heavy atom. The van der Waals surface area contributed by atoms with Crippen molar-refractivity contribution in [3.05, 3.63) is 83.9 Å². The number of carbonyl (C=O) groups excluding carboxylic acids is 1. The summed E-state index contributed by atoms with van der Waals surface area (Å²) >= 11 is 0. The van der Waals surface area contributed by atoms with Crippen LogP contribution in [-0.4, -0.2) is 26.1 Å². The van der Waals surface area contributed by atoms with E-state index < -0.39 is 0 Å². The average Bonchev–Trinajstić information content (AvgIpc) is 3.07. The number of rotatable bonds is 6. The number of anilines is 3. The van der Waals surface area contributed by atoms with E-state index in [1.807, 2.05) is 72.8 Å². The summed E-state index contributed by atoms with van der Waals surface area (Å²) in [5.41, 5.74) is 5.37. The highest BCUT2D eigenvalue weighted by Gasteiger charge is 2.33. The molecule has 0 aliphatic carbocycles. The van der Waals surface area contributed by atoms with Crippen molar-refractivity contribution in [1.29, 1.82) is 0 Å². The third-order valence-corrected chi connectivity index (χ3v) is 5.53. The number of methoxy groups -OCH3 is 1. The van der Waals surface area contributed by atoms with Crippen molar-refractivity contribution in [3.63, 3.8) is 0 Å². The highest BCUT2D eigenvalue weighted by atomic mass is 16.5. The van der Waals surface area contributed by atoms with Gasteiger partial charge in [-0.3, -0.25) is 9.69 Å². The second-order valence-electron chi connectivity index (χ2n) is 7.15. The van der Waals surface area contributed by atoms with Crippen LogP contribution in [0.1, 0.15) is 25.0 Å². The van der Waals surface area contributed by atoms with Crippen LogP contribution in [0.3, 0.4) is 0 Å². The third kappa shape index (κ3) is 3.45. The molecular formula is C26H26N2O2. The Bertz CT molecular complexity index is 1090. The van der Waals surface area contributed by atoms with E-state index in [1.165, 1.54) is 0 Å². The minimum absolute atomic E-state index is 0.0303. The smallest absolute Gasteiger partial charge is 0.263 e. The molecule has 1 aliphatic rings. The van der Waals surface area contributed by atoms with Gasteiger partial charge >= 0.3 is 0 Å². The van der Waals surface area contributed by atoms with E-state index in [4.69, 9.17) is 4.74 Å². The van der Waals surface area contributed by atoms with Gasteiger partial charge in [-0.25, -0.2) is 0 Å². The third-order valence-electron chi connectivity index (χ3n) is 5.53. The fourth-order valence-corrected chi connectivity index (χ4v) is 3.97. The van der Waals surface area contributed by atoms with E-state index in [-0.39, 0.29) is 5.91 Å². The molecule has 3 aromatic carbocycles. The molecule has 1 amide bonds. The fourth-order valence-electron chi connectivity index (χ4n) is 3.97. The van der Waals surface area contributed by atoms with Crippen LogP contribution in [0.5, 0.6) is 5.75 Å². The van der Waals surface area contributed by atoms with Crippen molar-refractivity contribution >= 4 is 34.6 Å². The van der Waals surface area contributed by atoms with Crippen LogP contribution >= 0.6 is 0 Å². The summed E-state index contributed by atoms with van der Waals surface area (Å²) in [4.78, 5) is 17.5. The summed E-state index contributed by atoms with van der Waals surface area (Å²) < 4.78 is 5.67. The summed E-state index contributed by atoms with van der Waals surface area (Å²) in [6.07, 6.45) is 1.94. The van der Waals surface area contributed by atoms with E-state index >= 15 is 0 Å². The molecule has 0 radical (unpaired) electrons. The number of ether oxygens (including phenoxy) is 1. The monoisotopic (exact) mass is 398 g/mol. The summed E-state index contributed by atoms with van der Waals surface area (Å²) in [5, 5.41) is 0. The van der Waals surface area contributed by atoms with Crippen molar-refractivity contribution in [1.82, 2.24) is 0 Å². The lowest BCUT2D eigenvalue weighted by Crippen LogP contribution is -2.21. The van der Waals surface area contributed by atoms with Crippen molar-refractivity contribution in [2.24, 2.45) is 0 Å². The molecule has 0 bridgehead atoms. The van der Waals surface area contributed by atoms with Crippen molar-refractivity contribution in [2.75, 3.05) is 30.0 Å². The minimum atomic E-state index is -0.0303. The molecule has 152 valence electrons. The first kappa shape index (κ1) is 19.8. The van der Waals surface area contributed by atoms with Crippen LogP contribution in [0.2, 0.25) is 0 Å². The van der Waals surface area contributed by atoms with Gasteiger partial charge in [0.05, 0.1) is 18.4 Å². The van der Waals surface area contributed by atoms with Gasteiger partial charge in [0.2, 0.25) is 0 Å². The van der Waals surface area contributed by atoms with Crippen LogP contribution in [0.4, 0.5) is 17.1 Å². The Balaban J connectivity index is 1.80. The highest BCUT2D eigenvalue weighted by molar-refractivity contribution is 6.38. The number of benzene rings is 3. The molecule has 4 rings (SSSR count). The van der Waals surface area contributed by atoms with Crippen molar-refractivity contribution < 1.29 is 9.53 Å². The van der Waals surface area contributed by atoms with Gasteiger partial charge in [-0.05, 0) is 50.3 Å². The van der Waals surface area contributed by atoms with Gasteiger partial charge < -0.3 is 9.64 Å². The molecule has 0 saturated heterocycles. The molecule has 4 nitrogen and oxygen atoms in total. The molecule has 1 aliphatic heterocycles. The maximum atomic E-state index is 13.4. The Labute approximate surface area is 178 Å². The molecule has 0 atom stereocenters. The molecule has 0 spiro atoms. The summed E-state index contributed by atoms with van der Waals surface area (Å²) in [7, 11) is 1.67. The predicted octanol–water partition coefficient (Wildman–Crippen LogP) is 5.76. The first-order chi connectivity index (χ1) is 14.7. The SMILES string of the molecule is CCN(CC)c1ccc(/C=C2/C(=O)N(c3ccccc3)c3ccccc32)c(OC)c1. The highest BCUT2D eigenvalue weighted by Crippen LogP contribution is 2.42. The largest absolute Gasteiger partial charge is 0.496 e. The van der Waals surface area contributed by atoms with E-state index in [2.05, 4.69) is 24.8 Å². The fraction of sp³-hybridized carbons (Fsp3) is 0.192. The van der Waals surface area contributed by atoms with E-state index in [9.17, 15) is 4.79 Å². The van der Waals surface area contributed by atoms with Gasteiger partial charge in [-0.15, -0.1) is 0 Å². The van der Waals surface area contributed by atoms with E-state index in [0.717, 1.165) is 47.0 Å². The zero-order chi connectivity index (χ0) is 21.1. The Hall–Kier alpha value is -3.53. The van der Waals surface area contributed by atoms with E-state index in [1.54, 1.807) is 12.0 Å². The van der Waals surface area contributed by atoms with Crippen LogP contribution < -0.4 is 14.5 Å². The Morgan fingerprint density at radius 1 is 0.933 bits per heavy atom. The summed E-state index contributed by atoms with van der Waals surface area (Å²) in [5.74, 6) is 0.729. The molecule has 3 aromatic rings. The molecular weight excluding hydrogens is 372 g/mol. The zero-order valence-electron chi connectivity index (χ0n) is 17.6. The number of para-hydroxylation sites is 2. The molecule has 0 N–H and O–H groups in total. The topological polar surface area (TPSA) is 32.8 Å². The number of carbonyl (C=O) groups is 1. The number of hydrogen-bond acceptors (Lipinski definition) is 3. The second-order valence-corrected chi connectivity index (χ2v) is 7.15. The molecule has 4 heteroatoms. The lowest BCUT2D eigenvalue weighted by atomic mass is 10.0. The average molecular weight is 399 g/mol.